The molecule has 1 fully saturated rings. The van der Waals surface area contributed by atoms with E-state index in [-0.39, 0.29) is 0 Å². The Hall–Kier alpha value is -1.92. The van der Waals surface area contributed by atoms with Gasteiger partial charge < -0.3 is 5.32 Å². The minimum Gasteiger partial charge on any atom is -0.314 e. The smallest absolute Gasteiger partial charge is 0.314 e. The third-order valence-corrected chi connectivity index (χ3v) is 4.25. The Kier molecular flexibility index (Phi) is 4.87. The van der Waals surface area contributed by atoms with Crippen molar-refractivity contribution in [1.82, 2.24) is 10.2 Å². The van der Waals surface area contributed by atoms with E-state index in [1.807, 2.05) is 4.90 Å². The van der Waals surface area contributed by atoms with E-state index in [1.54, 1.807) is 24.3 Å². The van der Waals surface area contributed by atoms with Gasteiger partial charge in [0.25, 0.3) is 0 Å². The third kappa shape index (κ3) is 3.60. The number of nitrogens with zero attached hydrogens (tertiary/aromatic N) is 1. The molecule has 1 aliphatic heterocycles. The molecule has 3 rings (SSSR count). The lowest BCUT2D eigenvalue weighted by molar-refractivity contribution is -0.137. The van der Waals surface area contributed by atoms with Gasteiger partial charge in [-0.25, -0.2) is 4.39 Å². The van der Waals surface area contributed by atoms with Crippen molar-refractivity contribution in [2.45, 2.75) is 12.2 Å². The van der Waals surface area contributed by atoms with Crippen molar-refractivity contribution in [2.75, 3.05) is 26.2 Å². The first kappa shape index (κ1) is 16.9. The first-order valence-corrected chi connectivity index (χ1v) is 7.83. The molecule has 1 saturated heterocycles. The van der Waals surface area contributed by atoms with Crippen LogP contribution in [0.15, 0.2) is 48.5 Å². The molecule has 1 unspecified atom stereocenters. The van der Waals surface area contributed by atoms with Gasteiger partial charge in [-0.2, -0.15) is 13.2 Å². The lowest BCUT2D eigenvalue weighted by atomic mass is 9.94. The van der Waals surface area contributed by atoms with Crippen LogP contribution in [-0.2, 0) is 6.18 Å². The van der Waals surface area contributed by atoms with Crippen molar-refractivity contribution in [2.24, 2.45) is 0 Å². The van der Waals surface area contributed by atoms with Crippen LogP contribution in [0.25, 0.3) is 0 Å². The van der Waals surface area contributed by atoms with E-state index in [0.29, 0.717) is 24.2 Å². The van der Waals surface area contributed by atoms with Crippen molar-refractivity contribution in [1.29, 1.82) is 0 Å². The second-order valence-electron chi connectivity index (χ2n) is 5.83. The van der Waals surface area contributed by atoms with Crippen LogP contribution in [0.3, 0.4) is 0 Å². The van der Waals surface area contributed by atoms with Gasteiger partial charge in [-0.15, -0.1) is 0 Å². The largest absolute Gasteiger partial charge is 0.416 e. The monoisotopic (exact) mass is 338 g/mol. The molecular formula is C18H18F4N2. The summed E-state index contributed by atoms with van der Waals surface area (Å²) in [6, 6.07) is 10.9. The fourth-order valence-corrected chi connectivity index (χ4v) is 3.11. The van der Waals surface area contributed by atoms with E-state index >= 15 is 0 Å². The molecule has 24 heavy (non-hydrogen) atoms. The zero-order valence-electron chi connectivity index (χ0n) is 13.0. The number of nitrogens with one attached hydrogen (secondary N) is 1. The second-order valence-corrected chi connectivity index (χ2v) is 5.83. The molecule has 2 aromatic rings. The number of piperazine rings is 1. The van der Waals surface area contributed by atoms with Gasteiger partial charge in [-0.05, 0) is 23.8 Å². The topological polar surface area (TPSA) is 15.3 Å². The summed E-state index contributed by atoms with van der Waals surface area (Å²) >= 11 is 0. The van der Waals surface area contributed by atoms with Gasteiger partial charge >= 0.3 is 6.18 Å². The number of rotatable bonds is 3. The van der Waals surface area contributed by atoms with Crippen molar-refractivity contribution < 1.29 is 17.6 Å². The van der Waals surface area contributed by atoms with E-state index < -0.39 is 23.6 Å². The number of hydrogen-bond donors (Lipinski definition) is 1. The van der Waals surface area contributed by atoms with Crippen molar-refractivity contribution in [3.63, 3.8) is 0 Å². The summed E-state index contributed by atoms with van der Waals surface area (Å²) in [5.74, 6) is -0.404. The van der Waals surface area contributed by atoms with Gasteiger partial charge in [0.1, 0.15) is 5.82 Å². The number of alkyl halides is 3. The minimum absolute atomic E-state index is 0.402. The summed E-state index contributed by atoms with van der Waals surface area (Å²) in [6.07, 6.45) is -4.42. The lowest BCUT2D eigenvalue weighted by Crippen LogP contribution is -2.45. The molecule has 1 N–H and O–H groups in total. The molecule has 1 aliphatic rings. The maximum atomic E-state index is 14.4. The van der Waals surface area contributed by atoms with Crippen LogP contribution in [0, 0.1) is 5.82 Å². The Morgan fingerprint density at radius 1 is 0.958 bits per heavy atom. The highest BCUT2D eigenvalue weighted by Gasteiger charge is 2.32. The van der Waals surface area contributed by atoms with Crippen LogP contribution in [0.4, 0.5) is 17.6 Å². The zero-order valence-corrected chi connectivity index (χ0v) is 13.0. The molecule has 128 valence electrons. The van der Waals surface area contributed by atoms with E-state index in [4.69, 9.17) is 0 Å². The normalized spacial score (nSPS) is 17.7. The SMILES string of the molecule is Fc1ccccc1C(c1cccc(C(F)(F)F)c1)N1CCNCC1. The van der Waals surface area contributed by atoms with Crippen LogP contribution in [0.5, 0.6) is 0 Å². The predicted octanol–water partition coefficient (Wildman–Crippen LogP) is 3.84. The van der Waals surface area contributed by atoms with Crippen LogP contribution >= 0.6 is 0 Å². The molecule has 1 atom stereocenters. The minimum atomic E-state index is -4.42. The van der Waals surface area contributed by atoms with Crippen molar-refractivity contribution in [3.05, 3.63) is 71.0 Å². The standard InChI is InChI=1S/C18H18F4N2/c19-16-7-2-1-6-15(16)17(24-10-8-23-9-11-24)13-4-3-5-14(12-13)18(20,21)22/h1-7,12,17,23H,8-11H2. The van der Waals surface area contributed by atoms with E-state index in [0.717, 1.165) is 25.2 Å². The van der Waals surface area contributed by atoms with Gasteiger partial charge in [-0.3, -0.25) is 4.90 Å². The van der Waals surface area contributed by atoms with E-state index in [9.17, 15) is 17.6 Å². The summed E-state index contributed by atoms with van der Waals surface area (Å²) in [4.78, 5) is 2.02. The molecule has 0 amide bonds. The van der Waals surface area contributed by atoms with Crippen LogP contribution in [0.1, 0.15) is 22.7 Å². The molecule has 0 aliphatic carbocycles. The number of benzene rings is 2. The molecule has 0 aromatic heterocycles. The molecule has 2 aromatic carbocycles. The summed E-state index contributed by atoms with van der Waals surface area (Å²) in [6.45, 7) is 2.75. The molecule has 2 nitrogen and oxygen atoms in total. The fraction of sp³-hybridized carbons (Fsp3) is 0.333. The highest BCUT2D eigenvalue weighted by Crippen LogP contribution is 2.35. The highest BCUT2D eigenvalue weighted by molar-refractivity contribution is 5.36. The Balaban J connectivity index is 2.06. The Morgan fingerprint density at radius 3 is 2.33 bits per heavy atom. The van der Waals surface area contributed by atoms with Gasteiger partial charge in [0, 0.05) is 31.7 Å². The molecule has 6 heteroatoms. The molecule has 0 radical (unpaired) electrons. The molecule has 1 heterocycles. The highest BCUT2D eigenvalue weighted by atomic mass is 19.4. The predicted molar refractivity (Wildman–Crippen MR) is 84.1 cm³/mol. The third-order valence-electron chi connectivity index (χ3n) is 4.25. The molecule has 0 spiro atoms. The summed E-state index contributed by atoms with van der Waals surface area (Å²) in [7, 11) is 0. The maximum absolute atomic E-state index is 14.4. The molecular weight excluding hydrogens is 320 g/mol. The average molecular weight is 338 g/mol. The Morgan fingerprint density at radius 2 is 1.67 bits per heavy atom. The van der Waals surface area contributed by atoms with Gasteiger partial charge in [0.05, 0.1) is 11.6 Å². The van der Waals surface area contributed by atoms with Crippen LogP contribution in [-0.4, -0.2) is 31.1 Å². The van der Waals surface area contributed by atoms with Gasteiger partial charge in [0.15, 0.2) is 0 Å². The summed E-state index contributed by atoms with van der Waals surface area (Å²) in [5.41, 5.74) is 0.145. The van der Waals surface area contributed by atoms with E-state index in [1.165, 1.54) is 12.1 Å². The molecule has 0 bridgehead atoms. The van der Waals surface area contributed by atoms with E-state index in [2.05, 4.69) is 5.32 Å². The first-order chi connectivity index (χ1) is 11.5. The first-order valence-electron chi connectivity index (χ1n) is 7.83. The second kappa shape index (κ2) is 6.91. The summed E-state index contributed by atoms with van der Waals surface area (Å²) < 4.78 is 53.5. The van der Waals surface area contributed by atoms with Crippen LogP contribution in [0.2, 0.25) is 0 Å². The van der Waals surface area contributed by atoms with Crippen molar-refractivity contribution in [3.8, 4) is 0 Å². The quantitative estimate of drug-likeness (QED) is 0.856. The lowest BCUT2D eigenvalue weighted by Gasteiger charge is -2.36. The zero-order chi connectivity index (χ0) is 17.2. The number of halogens is 4. The van der Waals surface area contributed by atoms with Gasteiger partial charge in [-0.1, -0.05) is 30.3 Å². The Labute approximate surface area is 138 Å². The van der Waals surface area contributed by atoms with Crippen molar-refractivity contribution >= 4 is 0 Å². The maximum Gasteiger partial charge on any atom is 0.416 e. The Bertz CT molecular complexity index is 693. The average Bonchev–Trinajstić information content (AvgIpc) is 2.57. The van der Waals surface area contributed by atoms with Gasteiger partial charge in [0.2, 0.25) is 0 Å². The molecule has 0 saturated carbocycles. The fourth-order valence-electron chi connectivity index (χ4n) is 3.11. The number of hydrogen-bond acceptors (Lipinski definition) is 2. The summed E-state index contributed by atoms with van der Waals surface area (Å²) in [5, 5.41) is 3.21. The van der Waals surface area contributed by atoms with Crippen LogP contribution < -0.4 is 5.32 Å².